The summed E-state index contributed by atoms with van der Waals surface area (Å²) in [6, 6.07) is 11.3. The Hall–Kier alpha value is -3.00. The van der Waals surface area contributed by atoms with Crippen molar-refractivity contribution < 1.29 is 14.1 Å². The Kier molecular flexibility index (Phi) is 5.91. The van der Waals surface area contributed by atoms with E-state index in [4.69, 9.17) is 0 Å². The van der Waals surface area contributed by atoms with E-state index in [0.29, 0.717) is 19.6 Å². The molecule has 0 unspecified atom stereocenters. The van der Waals surface area contributed by atoms with Crippen LogP contribution in [-0.2, 0) is 12.0 Å². The fourth-order valence-corrected chi connectivity index (χ4v) is 4.70. The average Bonchev–Trinajstić information content (AvgIpc) is 3.07. The van der Waals surface area contributed by atoms with Gasteiger partial charge in [0.05, 0.1) is 4.92 Å². The van der Waals surface area contributed by atoms with Crippen LogP contribution in [0, 0.1) is 15.9 Å². The zero-order valence-electron chi connectivity index (χ0n) is 17.6. The maximum absolute atomic E-state index is 14.1. The zero-order chi connectivity index (χ0) is 22.0. The molecule has 0 atom stereocenters. The van der Waals surface area contributed by atoms with Gasteiger partial charge in [-0.25, -0.2) is 9.18 Å². The Bertz CT molecular complexity index is 971. The van der Waals surface area contributed by atoms with E-state index in [2.05, 4.69) is 10.2 Å². The summed E-state index contributed by atoms with van der Waals surface area (Å²) >= 11 is 0. The predicted molar refractivity (Wildman–Crippen MR) is 117 cm³/mol. The standard InChI is InChI=1S/C23H27FN4O3/c1-2-11-25-22(29)27-16-23(20-14-18(24)5-8-21(20)27)9-12-26(13-10-23)15-17-3-6-19(7-4-17)28(30)31/h3-8,14H,2,9-13,15-16H2,1H3,(H,25,29). The molecule has 1 spiro atoms. The summed E-state index contributed by atoms with van der Waals surface area (Å²) in [5.41, 5.74) is 2.60. The number of hydrogen-bond donors (Lipinski definition) is 1. The number of halogens is 1. The van der Waals surface area contributed by atoms with Crippen molar-refractivity contribution in [2.45, 2.75) is 38.1 Å². The van der Waals surface area contributed by atoms with Gasteiger partial charge in [0, 0.05) is 42.9 Å². The molecule has 164 valence electrons. The highest BCUT2D eigenvalue weighted by molar-refractivity contribution is 5.95. The van der Waals surface area contributed by atoms with Gasteiger partial charge in [0.25, 0.3) is 5.69 Å². The Balaban J connectivity index is 1.47. The number of nitrogens with zero attached hydrogens (tertiary/aromatic N) is 3. The first-order chi connectivity index (χ1) is 14.9. The Morgan fingerprint density at radius 3 is 2.55 bits per heavy atom. The van der Waals surface area contributed by atoms with Crippen molar-refractivity contribution in [1.82, 2.24) is 10.2 Å². The van der Waals surface area contributed by atoms with Crippen LogP contribution >= 0.6 is 0 Å². The molecule has 2 aromatic rings. The van der Waals surface area contributed by atoms with Crippen molar-refractivity contribution in [2.24, 2.45) is 0 Å². The first kappa shape index (κ1) is 21.2. The van der Waals surface area contributed by atoms with Gasteiger partial charge in [0.15, 0.2) is 0 Å². The monoisotopic (exact) mass is 426 g/mol. The molecule has 0 radical (unpaired) electrons. The molecule has 2 heterocycles. The smallest absolute Gasteiger partial charge is 0.321 e. The lowest BCUT2D eigenvalue weighted by atomic mass is 9.74. The number of fused-ring (bicyclic) bond motifs is 2. The number of urea groups is 1. The normalized spacial score (nSPS) is 17.5. The number of carbonyl (C=O) groups excluding carboxylic acids is 1. The number of nitro benzene ring substituents is 1. The molecule has 1 N–H and O–H groups in total. The number of non-ortho nitro benzene ring substituents is 1. The number of carbonyl (C=O) groups is 1. The number of nitrogens with one attached hydrogen (secondary N) is 1. The number of likely N-dealkylation sites (tertiary alicyclic amines) is 1. The van der Waals surface area contributed by atoms with Gasteiger partial charge in [0.1, 0.15) is 5.82 Å². The number of rotatable bonds is 5. The summed E-state index contributed by atoms with van der Waals surface area (Å²) in [5.74, 6) is -0.276. The third kappa shape index (κ3) is 4.25. The van der Waals surface area contributed by atoms with Crippen LogP contribution in [0.3, 0.4) is 0 Å². The summed E-state index contributed by atoms with van der Waals surface area (Å²) in [6.07, 6.45) is 2.51. The molecule has 4 rings (SSSR count). The molecule has 7 nitrogen and oxygen atoms in total. The van der Waals surface area contributed by atoms with Crippen LogP contribution in [0.4, 0.5) is 20.6 Å². The molecule has 2 aromatic carbocycles. The molecule has 8 heteroatoms. The first-order valence-corrected chi connectivity index (χ1v) is 10.7. The number of nitro groups is 1. The second-order valence-corrected chi connectivity index (χ2v) is 8.46. The summed E-state index contributed by atoms with van der Waals surface area (Å²) < 4.78 is 14.1. The van der Waals surface area contributed by atoms with Gasteiger partial charge in [-0.2, -0.15) is 0 Å². The SMILES string of the molecule is CCCNC(=O)N1CC2(CCN(Cc3ccc([N+](=O)[O-])cc3)CC2)c2cc(F)ccc21. The fraction of sp³-hybridized carbons (Fsp3) is 0.435. The van der Waals surface area contributed by atoms with Crippen LogP contribution < -0.4 is 10.2 Å². The van der Waals surface area contributed by atoms with Gasteiger partial charge in [-0.3, -0.25) is 19.9 Å². The number of piperidine rings is 1. The zero-order valence-corrected chi connectivity index (χ0v) is 17.6. The molecule has 2 aliphatic rings. The second-order valence-electron chi connectivity index (χ2n) is 8.46. The van der Waals surface area contributed by atoms with Gasteiger partial charge < -0.3 is 5.32 Å². The largest absolute Gasteiger partial charge is 0.338 e. The van der Waals surface area contributed by atoms with Gasteiger partial charge >= 0.3 is 6.03 Å². The molecule has 0 bridgehead atoms. The summed E-state index contributed by atoms with van der Waals surface area (Å²) in [5, 5.41) is 13.8. The molecule has 1 fully saturated rings. The molecule has 31 heavy (non-hydrogen) atoms. The molecular weight excluding hydrogens is 399 g/mol. The third-order valence-electron chi connectivity index (χ3n) is 6.42. The number of amides is 2. The highest BCUT2D eigenvalue weighted by Crippen LogP contribution is 2.47. The van der Waals surface area contributed by atoms with Crippen LogP contribution in [-0.4, -0.2) is 42.0 Å². The van der Waals surface area contributed by atoms with Crippen LogP contribution in [0.1, 0.15) is 37.3 Å². The van der Waals surface area contributed by atoms with Crippen molar-refractivity contribution in [1.29, 1.82) is 0 Å². The minimum Gasteiger partial charge on any atom is -0.338 e. The minimum absolute atomic E-state index is 0.0902. The summed E-state index contributed by atoms with van der Waals surface area (Å²) in [6.45, 7) is 5.53. The van der Waals surface area contributed by atoms with Gasteiger partial charge in [-0.1, -0.05) is 19.1 Å². The maximum atomic E-state index is 14.1. The van der Waals surface area contributed by atoms with Crippen molar-refractivity contribution in [3.63, 3.8) is 0 Å². The van der Waals surface area contributed by atoms with Crippen LogP contribution in [0.15, 0.2) is 42.5 Å². The van der Waals surface area contributed by atoms with Crippen molar-refractivity contribution in [3.05, 3.63) is 69.5 Å². The molecule has 2 aliphatic heterocycles. The van der Waals surface area contributed by atoms with Crippen LogP contribution in [0.25, 0.3) is 0 Å². The predicted octanol–water partition coefficient (Wildman–Crippen LogP) is 4.21. The third-order valence-corrected chi connectivity index (χ3v) is 6.42. The lowest BCUT2D eigenvalue weighted by molar-refractivity contribution is -0.384. The van der Waals surface area contributed by atoms with E-state index < -0.39 is 4.92 Å². The molecule has 0 aromatic heterocycles. The van der Waals surface area contributed by atoms with E-state index in [1.807, 2.05) is 6.92 Å². The molecule has 1 saturated heterocycles. The van der Waals surface area contributed by atoms with E-state index in [-0.39, 0.29) is 23.0 Å². The number of benzene rings is 2. The molecule has 0 saturated carbocycles. The lowest BCUT2D eigenvalue weighted by Crippen LogP contribution is -2.47. The number of anilines is 1. The fourth-order valence-electron chi connectivity index (χ4n) is 4.70. The Morgan fingerprint density at radius 1 is 1.19 bits per heavy atom. The first-order valence-electron chi connectivity index (χ1n) is 10.7. The van der Waals surface area contributed by atoms with Crippen molar-refractivity contribution in [3.8, 4) is 0 Å². The number of hydrogen-bond acceptors (Lipinski definition) is 4. The van der Waals surface area contributed by atoms with E-state index in [0.717, 1.165) is 49.2 Å². The Morgan fingerprint density at radius 2 is 1.90 bits per heavy atom. The van der Waals surface area contributed by atoms with Crippen molar-refractivity contribution >= 4 is 17.4 Å². The Labute approximate surface area is 181 Å². The van der Waals surface area contributed by atoms with Gasteiger partial charge in [0.2, 0.25) is 0 Å². The summed E-state index contributed by atoms with van der Waals surface area (Å²) in [4.78, 5) is 27.2. The van der Waals surface area contributed by atoms with Gasteiger partial charge in [-0.05, 0) is 61.7 Å². The van der Waals surface area contributed by atoms with Gasteiger partial charge in [-0.15, -0.1) is 0 Å². The second kappa shape index (κ2) is 8.63. The van der Waals surface area contributed by atoms with Crippen LogP contribution in [0.2, 0.25) is 0 Å². The lowest BCUT2D eigenvalue weighted by Gasteiger charge is -2.40. The molecule has 2 amide bonds. The minimum atomic E-state index is -0.395. The highest BCUT2D eigenvalue weighted by atomic mass is 19.1. The van der Waals surface area contributed by atoms with E-state index in [9.17, 15) is 19.3 Å². The van der Waals surface area contributed by atoms with E-state index >= 15 is 0 Å². The molecular formula is C23H27FN4O3. The van der Waals surface area contributed by atoms with Crippen LogP contribution in [0.5, 0.6) is 0 Å². The topological polar surface area (TPSA) is 78.7 Å². The highest BCUT2D eigenvalue weighted by Gasteiger charge is 2.46. The van der Waals surface area contributed by atoms with E-state index in [1.165, 1.54) is 18.2 Å². The quantitative estimate of drug-likeness (QED) is 0.574. The molecule has 0 aliphatic carbocycles. The van der Waals surface area contributed by atoms with Crippen molar-refractivity contribution in [2.75, 3.05) is 31.1 Å². The average molecular weight is 426 g/mol. The maximum Gasteiger partial charge on any atom is 0.321 e. The summed E-state index contributed by atoms with van der Waals surface area (Å²) in [7, 11) is 0. The van der Waals surface area contributed by atoms with E-state index in [1.54, 1.807) is 29.2 Å².